The van der Waals surface area contributed by atoms with Crippen LogP contribution in [0.4, 0.5) is 0 Å². The molecule has 2 heterocycles. The van der Waals surface area contributed by atoms with Crippen LogP contribution in [0.25, 0.3) is 11.2 Å². The molecule has 0 aliphatic rings. The Morgan fingerprint density at radius 1 is 1.50 bits per heavy atom. The molecule has 4 nitrogen and oxygen atoms in total. The average molecular weight is 288 g/mol. The average Bonchev–Trinajstić information content (AvgIpc) is 2.68. The number of aryl methyl sites for hydroxylation is 1. The Labute approximate surface area is 116 Å². The van der Waals surface area contributed by atoms with E-state index in [9.17, 15) is 0 Å². The van der Waals surface area contributed by atoms with Crippen molar-refractivity contribution in [2.24, 2.45) is 0 Å². The van der Waals surface area contributed by atoms with Gasteiger partial charge in [-0.15, -0.1) is 11.6 Å². The van der Waals surface area contributed by atoms with E-state index in [1.54, 1.807) is 19.4 Å². The number of hydrogen-bond acceptors (Lipinski definition) is 3. The maximum Gasteiger partial charge on any atom is 0.160 e. The number of methoxy groups -OCH3 is 1. The van der Waals surface area contributed by atoms with Gasteiger partial charge in [0.05, 0.1) is 10.4 Å². The predicted molar refractivity (Wildman–Crippen MR) is 73.3 cm³/mol. The zero-order valence-corrected chi connectivity index (χ0v) is 11.9. The quantitative estimate of drug-likeness (QED) is 0.625. The Balaban J connectivity index is 2.42. The van der Waals surface area contributed by atoms with Crippen LogP contribution in [0.15, 0.2) is 12.3 Å². The lowest BCUT2D eigenvalue weighted by molar-refractivity contribution is 0.190. The van der Waals surface area contributed by atoms with Gasteiger partial charge in [0.25, 0.3) is 0 Å². The van der Waals surface area contributed by atoms with E-state index in [0.29, 0.717) is 11.6 Å². The smallest absolute Gasteiger partial charge is 0.160 e. The Morgan fingerprint density at radius 3 is 2.94 bits per heavy atom. The standard InChI is InChI=1S/C12H15Cl2N3O/c1-8(13)11-16-10-6-9(14)7-15-12(10)17(11)4-3-5-18-2/h6-8H,3-5H2,1-2H3. The summed E-state index contributed by atoms with van der Waals surface area (Å²) in [5.41, 5.74) is 1.60. The van der Waals surface area contributed by atoms with E-state index in [0.717, 1.165) is 30.0 Å². The van der Waals surface area contributed by atoms with Gasteiger partial charge in [-0.25, -0.2) is 9.97 Å². The van der Waals surface area contributed by atoms with Gasteiger partial charge in [-0.05, 0) is 19.4 Å². The summed E-state index contributed by atoms with van der Waals surface area (Å²) in [7, 11) is 1.69. The molecule has 0 aliphatic heterocycles. The fourth-order valence-corrected chi connectivity index (χ4v) is 2.21. The molecule has 0 saturated heterocycles. The summed E-state index contributed by atoms with van der Waals surface area (Å²) in [4.78, 5) is 8.83. The number of alkyl halides is 1. The van der Waals surface area contributed by atoms with Crippen molar-refractivity contribution in [1.29, 1.82) is 0 Å². The number of halogens is 2. The van der Waals surface area contributed by atoms with Crippen LogP contribution in [0.1, 0.15) is 24.5 Å². The normalized spacial score (nSPS) is 13.1. The molecular formula is C12H15Cl2N3O. The molecule has 2 aromatic heterocycles. The summed E-state index contributed by atoms with van der Waals surface area (Å²) in [5.74, 6) is 0.817. The second kappa shape index (κ2) is 5.87. The molecule has 1 atom stereocenters. The van der Waals surface area contributed by atoms with Crippen molar-refractivity contribution < 1.29 is 4.74 Å². The second-order valence-electron chi connectivity index (χ2n) is 4.08. The fraction of sp³-hybridized carbons (Fsp3) is 0.500. The highest BCUT2D eigenvalue weighted by atomic mass is 35.5. The minimum atomic E-state index is -0.166. The van der Waals surface area contributed by atoms with Gasteiger partial charge in [0.15, 0.2) is 5.65 Å². The molecule has 0 saturated carbocycles. The monoisotopic (exact) mass is 287 g/mol. The predicted octanol–water partition coefficient (Wildman–Crippen LogP) is 3.42. The molecule has 0 spiro atoms. The molecule has 0 aliphatic carbocycles. The van der Waals surface area contributed by atoms with Crippen LogP contribution in [-0.2, 0) is 11.3 Å². The first-order valence-corrected chi connectivity index (χ1v) is 6.59. The third kappa shape index (κ3) is 2.76. The molecule has 0 N–H and O–H groups in total. The van der Waals surface area contributed by atoms with Crippen molar-refractivity contribution in [3.05, 3.63) is 23.1 Å². The largest absolute Gasteiger partial charge is 0.385 e. The summed E-state index contributed by atoms with van der Waals surface area (Å²) >= 11 is 12.1. The number of hydrogen-bond donors (Lipinski definition) is 0. The molecule has 0 radical (unpaired) electrons. The van der Waals surface area contributed by atoms with Crippen molar-refractivity contribution in [3.63, 3.8) is 0 Å². The van der Waals surface area contributed by atoms with Crippen molar-refractivity contribution in [1.82, 2.24) is 14.5 Å². The third-order valence-electron chi connectivity index (χ3n) is 2.67. The van der Waals surface area contributed by atoms with Crippen molar-refractivity contribution in [2.75, 3.05) is 13.7 Å². The van der Waals surface area contributed by atoms with Gasteiger partial charge in [-0.1, -0.05) is 11.6 Å². The first-order chi connectivity index (χ1) is 8.63. The maximum absolute atomic E-state index is 6.16. The number of imidazole rings is 1. The summed E-state index contributed by atoms with van der Waals surface area (Å²) in [6, 6.07) is 1.81. The van der Waals surface area contributed by atoms with Gasteiger partial charge in [-0.2, -0.15) is 0 Å². The summed E-state index contributed by atoms with van der Waals surface area (Å²) in [5, 5.41) is 0.415. The van der Waals surface area contributed by atoms with Gasteiger partial charge >= 0.3 is 0 Å². The molecule has 0 amide bonds. The molecule has 2 rings (SSSR count). The highest BCUT2D eigenvalue weighted by Gasteiger charge is 2.15. The molecule has 1 unspecified atom stereocenters. The Morgan fingerprint density at radius 2 is 2.28 bits per heavy atom. The minimum Gasteiger partial charge on any atom is -0.385 e. The van der Waals surface area contributed by atoms with Gasteiger partial charge in [0.2, 0.25) is 0 Å². The van der Waals surface area contributed by atoms with Gasteiger partial charge in [0.1, 0.15) is 11.3 Å². The van der Waals surface area contributed by atoms with E-state index in [2.05, 4.69) is 9.97 Å². The summed E-state index contributed by atoms with van der Waals surface area (Å²) < 4.78 is 7.09. The number of aromatic nitrogens is 3. The first-order valence-electron chi connectivity index (χ1n) is 5.78. The zero-order chi connectivity index (χ0) is 13.1. The SMILES string of the molecule is COCCCn1c(C(C)Cl)nc2cc(Cl)cnc21. The van der Waals surface area contributed by atoms with E-state index >= 15 is 0 Å². The summed E-state index contributed by atoms with van der Waals surface area (Å²) in [6.07, 6.45) is 2.52. The molecule has 98 valence electrons. The van der Waals surface area contributed by atoms with Crippen molar-refractivity contribution in [2.45, 2.75) is 25.3 Å². The number of nitrogens with zero attached hydrogens (tertiary/aromatic N) is 3. The number of pyridine rings is 1. The lowest BCUT2D eigenvalue weighted by Crippen LogP contribution is -2.07. The number of rotatable bonds is 5. The van der Waals surface area contributed by atoms with E-state index in [-0.39, 0.29) is 5.38 Å². The minimum absolute atomic E-state index is 0.166. The van der Waals surface area contributed by atoms with E-state index < -0.39 is 0 Å². The van der Waals surface area contributed by atoms with Gasteiger partial charge < -0.3 is 9.30 Å². The Hall–Kier alpha value is -0.840. The molecule has 2 aromatic rings. The van der Waals surface area contributed by atoms with Crippen molar-refractivity contribution in [3.8, 4) is 0 Å². The van der Waals surface area contributed by atoms with Gasteiger partial charge in [0, 0.05) is 26.5 Å². The second-order valence-corrected chi connectivity index (χ2v) is 5.17. The zero-order valence-electron chi connectivity index (χ0n) is 10.4. The van der Waals surface area contributed by atoms with E-state index in [1.165, 1.54) is 0 Å². The summed E-state index contributed by atoms with van der Waals surface area (Å²) in [6.45, 7) is 3.38. The Kier molecular flexibility index (Phi) is 4.43. The molecule has 18 heavy (non-hydrogen) atoms. The first kappa shape index (κ1) is 13.6. The number of fused-ring (bicyclic) bond motifs is 1. The lowest BCUT2D eigenvalue weighted by Gasteiger charge is -2.09. The van der Waals surface area contributed by atoms with E-state index in [4.69, 9.17) is 27.9 Å². The van der Waals surface area contributed by atoms with Crippen LogP contribution in [0.3, 0.4) is 0 Å². The topological polar surface area (TPSA) is 39.9 Å². The molecule has 0 fully saturated rings. The molecule has 0 bridgehead atoms. The van der Waals surface area contributed by atoms with Gasteiger partial charge in [-0.3, -0.25) is 0 Å². The highest BCUT2D eigenvalue weighted by molar-refractivity contribution is 6.31. The van der Waals surface area contributed by atoms with Crippen LogP contribution in [0.2, 0.25) is 5.02 Å². The molecular weight excluding hydrogens is 273 g/mol. The highest BCUT2D eigenvalue weighted by Crippen LogP contribution is 2.25. The van der Waals surface area contributed by atoms with Crippen LogP contribution in [-0.4, -0.2) is 28.3 Å². The van der Waals surface area contributed by atoms with Crippen LogP contribution in [0.5, 0.6) is 0 Å². The Bertz CT molecular complexity index is 539. The molecule has 6 heteroatoms. The molecule has 0 aromatic carbocycles. The van der Waals surface area contributed by atoms with Crippen LogP contribution in [0, 0.1) is 0 Å². The lowest BCUT2D eigenvalue weighted by atomic mass is 10.4. The van der Waals surface area contributed by atoms with Crippen LogP contribution < -0.4 is 0 Å². The van der Waals surface area contributed by atoms with E-state index in [1.807, 2.05) is 11.5 Å². The van der Waals surface area contributed by atoms with Crippen molar-refractivity contribution >= 4 is 34.4 Å². The third-order valence-corrected chi connectivity index (χ3v) is 3.07. The fourth-order valence-electron chi connectivity index (χ4n) is 1.90. The van der Waals surface area contributed by atoms with Crippen LogP contribution >= 0.6 is 23.2 Å². The number of ether oxygens (including phenoxy) is 1. The maximum atomic E-state index is 6.16.